The number of carbonyl (C=O) groups is 16. The van der Waals surface area contributed by atoms with E-state index in [4.69, 9.17) is 33.5 Å². The quantitative estimate of drug-likeness (QED) is 0.00652. The SMILES string of the molecule is CC[C@H](C)[C@@H]([C@@H](CC(=O)N1CCC[C@H]1[C@H](OC)[C@@H](C)C(=O)C[C@@H](Cc1ccccc1)C(=O)O)OC)N(C)C(=O)[C@@H](CC(=O)[C@H](C(C)C)N(C)C(=O)OCc1ccc(CC(=O)[C@H](C)NC(=O)[C@@H](CC(=O)C(CCC(=O)NCCOCCCC(=O)Oc2ccc(C[C@H](NC(=O)N[C@@H](CCC(=O)O)OC=O)C(=O)O)cc2)NC(=O)COC2C#CCCCCC2)C(C)C)cc1)C(C)C. The van der Waals surface area contributed by atoms with Crippen molar-refractivity contribution in [2.45, 2.75) is 271 Å². The van der Waals surface area contributed by atoms with E-state index in [1.54, 1.807) is 75.7 Å². The molecule has 712 valence electrons. The maximum Gasteiger partial charge on any atom is 0.410 e. The number of ketones is 4. The summed E-state index contributed by atoms with van der Waals surface area (Å²) in [5, 5.41) is 41.4. The molecule has 1 saturated heterocycles. The highest BCUT2D eigenvalue weighted by Crippen LogP contribution is 2.33. The summed E-state index contributed by atoms with van der Waals surface area (Å²) in [6.45, 7) is 17.9. The topological polar surface area (TPSA) is 468 Å². The second kappa shape index (κ2) is 56.4. The first-order valence-corrected chi connectivity index (χ1v) is 44.7. The average Bonchev–Trinajstić information content (AvgIpc) is 1.77. The van der Waals surface area contributed by atoms with E-state index >= 15 is 0 Å². The number of aliphatic carboxylic acids is 3. The largest absolute Gasteiger partial charge is 0.481 e. The highest BCUT2D eigenvalue weighted by Gasteiger charge is 2.45. The van der Waals surface area contributed by atoms with Crippen molar-refractivity contribution >= 4 is 95.1 Å². The molecule has 34 heteroatoms. The smallest absolute Gasteiger partial charge is 0.410 e. The number of hydrogen-bond acceptors (Lipinski definition) is 23. The standard InChI is InChI=1S/C95H136N8O26/c1-15-61(8)88(80(123-13)54-84(111)103-45-24-30-75(103)89(124-14)62(9)76(105)51-68(92(117)118)48-64-26-20-19-21-27-64)101(11)91(116)72(59(4)5)53-79(108)87(60(6)7)102(12)95(122)127-55-67-34-32-66(33-35-67)50-77(106)63(10)97-90(115)71(58(2)3)52-78(107)73(98-82(110)56-126-69-28-22-17-16-18-23-29-69)40-41-81(109)96-44-47-125-46-25-31-86(114)129-70-38-36-65(37-39-70)49-74(93(119)120)99-94(121)100-83(128-57-104)42-43-85(112)113/h19-21,26-27,32-39,57-63,68-69,71-75,80,83,87-89H,15-18,22,24-25,28,30-31,40-56H2,1-14H3,(H,96,109)(H,97,115)(H,98,110)(H,112,113)(H,117,118)(H,119,120)(H2,99,100,121)/t61-,62-,63-,68+,69?,71-,72-,73?,74-,75-,80+,83+,87-,88-,89+/m0/s1. The molecule has 0 saturated carbocycles. The second-order valence-corrected chi connectivity index (χ2v) is 34.5. The van der Waals surface area contributed by atoms with Crippen LogP contribution in [0.25, 0.3) is 0 Å². The number of nitrogens with zero attached hydrogens (tertiary/aromatic N) is 3. The summed E-state index contributed by atoms with van der Waals surface area (Å²) in [5.41, 5.74) is 2.37. The van der Waals surface area contributed by atoms with Gasteiger partial charge in [0.1, 0.15) is 36.9 Å². The monoisotopic (exact) mass is 1800 g/mol. The van der Waals surface area contributed by atoms with E-state index in [0.29, 0.717) is 55.3 Å². The zero-order chi connectivity index (χ0) is 95.6. The molecule has 34 nitrogen and oxygen atoms in total. The lowest BCUT2D eigenvalue weighted by Crippen LogP contribution is -2.54. The molecule has 2 aliphatic rings. The Hall–Kier alpha value is -11.0. The maximum absolute atomic E-state index is 15.0. The van der Waals surface area contributed by atoms with E-state index in [9.17, 15) is 86.9 Å². The van der Waals surface area contributed by atoms with Gasteiger partial charge >= 0.3 is 36.0 Å². The van der Waals surface area contributed by atoms with E-state index in [1.165, 1.54) is 57.4 Å². The number of methoxy groups -OCH3 is 2. The third-order valence-electron chi connectivity index (χ3n) is 23.8. The molecular weight excluding hydrogens is 1670 g/mol. The Morgan fingerprint density at radius 3 is 1.89 bits per heavy atom. The fourth-order valence-corrected chi connectivity index (χ4v) is 16.0. The van der Waals surface area contributed by atoms with Gasteiger partial charge in [-0.25, -0.2) is 14.4 Å². The van der Waals surface area contributed by atoms with Gasteiger partial charge in [-0.1, -0.05) is 148 Å². The molecule has 1 fully saturated rings. The number of hydrogen-bond donors (Lipinski definition) is 8. The number of nitrogens with one attached hydrogen (secondary N) is 5. The number of carbonyl (C=O) groups excluding carboxylic acids is 13. The van der Waals surface area contributed by atoms with Crippen LogP contribution in [0.1, 0.15) is 207 Å². The van der Waals surface area contributed by atoms with Crippen molar-refractivity contribution in [3.8, 4) is 17.6 Å². The van der Waals surface area contributed by atoms with E-state index in [-0.39, 0.29) is 157 Å². The molecular formula is C95H136N8O26. The highest BCUT2D eigenvalue weighted by atomic mass is 16.6. The number of likely N-dealkylation sites (tertiary alicyclic amines) is 1. The Labute approximate surface area is 756 Å². The lowest BCUT2D eigenvalue weighted by Gasteiger charge is -2.41. The van der Waals surface area contributed by atoms with Gasteiger partial charge in [-0.2, -0.15) is 0 Å². The molecule has 0 aromatic heterocycles. The Morgan fingerprint density at radius 2 is 1.27 bits per heavy atom. The van der Waals surface area contributed by atoms with Crippen LogP contribution in [0.15, 0.2) is 78.9 Å². The molecule has 0 spiro atoms. The van der Waals surface area contributed by atoms with Gasteiger partial charge in [0.15, 0.2) is 23.6 Å². The van der Waals surface area contributed by atoms with Crippen molar-refractivity contribution in [3.63, 3.8) is 0 Å². The number of ether oxygens (including phenoxy) is 7. The summed E-state index contributed by atoms with van der Waals surface area (Å²) >= 11 is 0. The van der Waals surface area contributed by atoms with Crippen LogP contribution in [0.2, 0.25) is 0 Å². The average molecular weight is 1810 g/mol. The van der Waals surface area contributed by atoms with Gasteiger partial charge in [0.2, 0.25) is 29.5 Å². The van der Waals surface area contributed by atoms with Crippen molar-refractivity contribution in [1.29, 1.82) is 0 Å². The van der Waals surface area contributed by atoms with E-state index in [2.05, 4.69) is 43.2 Å². The van der Waals surface area contributed by atoms with Gasteiger partial charge in [0.25, 0.3) is 6.47 Å². The number of amides is 8. The van der Waals surface area contributed by atoms with Crippen molar-refractivity contribution < 1.29 is 125 Å². The summed E-state index contributed by atoms with van der Waals surface area (Å²) < 4.78 is 39.4. The number of urea groups is 1. The Morgan fingerprint density at radius 1 is 0.612 bits per heavy atom. The molecule has 2 unspecified atom stereocenters. The molecule has 15 atom stereocenters. The number of Topliss-reactive ketones (excluding diaryl/α,β-unsaturated/α-hetero) is 4. The number of likely N-dealkylation sites (N-methyl/N-ethyl adjacent to an activating group) is 2. The van der Waals surface area contributed by atoms with Crippen molar-refractivity contribution in [1.82, 2.24) is 41.3 Å². The number of carboxylic acids is 3. The van der Waals surface area contributed by atoms with Crippen LogP contribution in [0.3, 0.4) is 0 Å². The molecule has 5 rings (SSSR count). The van der Waals surface area contributed by atoms with Crippen molar-refractivity contribution in [2.24, 2.45) is 47.3 Å². The minimum absolute atomic E-state index is 0.0167. The van der Waals surface area contributed by atoms with Crippen LogP contribution in [0.4, 0.5) is 9.59 Å². The molecule has 3 aromatic rings. The minimum Gasteiger partial charge on any atom is -0.481 e. The fraction of sp³-hybridized carbons (Fsp3) is 0.621. The van der Waals surface area contributed by atoms with E-state index < -0.39 is 169 Å². The van der Waals surface area contributed by atoms with E-state index in [0.717, 1.165) is 24.8 Å². The van der Waals surface area contributed by atoms with Crippen molar-refractivity contribution in [3.05, 3.63) is 101 Å². The fourth-order valence-electron chi connectivity index (χ4n) is 16.0. The Bertz CT molecular complexity index is 4250. The lowest BCUT2D eigenvalue weighted by atomic mass is 9.83. The number of benzene rings is 3. The third kappa shape index (κ3) is 37.2. The Kier molecular flexibility index (Phi) is 47.5. The first kappa shape index (κ1) is 109. The summed E-state index contributed by atoms with van der Waals surface area (Å²) in [6, 6.07) is 14.8. The van der Waals surface area contributed by atoms with Gasteiger partial charge in [0, 0.05) is 124 Å². The maximum atomic E-state index is 15.0. The minimum atomic E-state index is -1.45. The molecule has 1 aliphatic heterocycles. The van der Waals surface area contributed by atoms with Crippen LogP contribution >= 0.6 is 0 Å². The number of rotatable bonds is 59. The first-order chi connectivity index (χ1) is 61.3. The van der Waals surface area contributed by atoms with Crippen LogP contribution in [0, 0.1) is 59.2 Å². The van der Waals surface area contributed by atoms with Crippen LogP contribution in [0.5, 0.6) is 5.75 Å². The predicted octanol–water partition coefficient (Wildman–Crippen LogP) is 8.98. The van der Waals surface area contributed by atoms with Gasteiger partial charge < -0.3 is 89.8 Å². The van der Waals surface area contributed by atoms with E-state index in [1.807, 2.05) is 58.0 Å². The molecule has 1 heterocycles. The first-order valence-electron chi connectivity index (χ1n) is 44.7. The second-order valence-electron chi connectivity index (χ2n) is 34.5. The summed E-state index contributed by atoms with van der Waals surface area (Å²) in [6.07, 6.45) is -0.150. The molecule has 129 heavy (non-hydrogen) atoms. The zero-order valence-corrected chi connectivity index (χ0v) is 77.1. The molecule has 0 radical (unpaired) electrons. The zero-order valence-electron chi connectivity index (χ0n) is 77.1. The van der Waals surface area contributed by atoms with Gasteiger partial charge in [-0.3, -0.25) is 62.3 Å². The van der Waals surface area contributed by atoms with Crippen molar-refractivity contribution in [2.75, 3.05) is 61.2 Å². The molecule has 1 aliphatic carbocycles. The van der Waals surface area contributed by atoms with Gasteiger partial charge in [-0.05, 0) is 116 Å². The molecule has 3 aromatic carbocycles. The van der Waals surface area contributed by atoms with Gasteiger partial charge in [-0.15, -0.1) is 5.92 Å². The third-order valence-corrected chi connectivity index (χ3v) is 23.8. The normalized spacial score (nSPS) is 16.8. The Balaban J connectivity index is 1.11. The molecule has 0 bridgehead atoms. The van der Waals surface area contributed by atoms with Gasteiger partial charge in [0.05, 0.1) is 67.8 Å². The summed E-state index contributed by atoms with van der Waals surface area (Å²) in [7, 11) is 6.09. The number of esters is 1. The van der Waals surface area contributed by atoms with Crippen LogP contribution in [-0.4, -0.2) is 247 Å². The van der Waals surface area contributed by atoms with Crippen LogP contribution in [-0.2, 0) is 121 Å². The lowest BCUT2D eigenvalue weighted by molar-refractivity contribution is -0.149. The number of carboxylic acid groups (broad SMARTS) is 3. The van der Waals surface area contributed by atoms with Crippen LogP contribution < -0.4 is 31.3 Å². The highest BCUT2D eigenvalue weighted by molar-refractivity contribution is 5.96. The summed E-state index contributed by atoms with van der Waals surface area (Å²) in [5.74, 6) is -6.72. The predicted molar refractivity (Wildman–Crippen MR) is 474 cm³/mol. The molecule has 8 N–H and O–H groups in total. The molecule has 8 amide bonds. The summed E-state index contributed by atoms with van der Waals surface area (Å²) in [4.78, 5) is 217.